The molecule has 0 radical (unpaired) electrons. The van der Waals surface area contributed by atoms with Gasteiger partial charge in [0.15, 0.2) is 0 Å². The van der Waals surface area contributed by atoms with Gasteiger partial charge in [-0.3, -0.25) is 4.98 Å². The summed E-state index contributed by atoms with van der Waals surface area (Å²) in [7, 11) is 0. The summed E-state index contributed by atoms with van der Waals surface area (Å²) in [6, 6.07) is 3.92. The summed E-state index contributed by atoms with van der Waals surface area (Å²) in [5, 5.41) is 8.83. The lowest BCUT2D eigenvalue weighted by molar-refractivity contribution is 0.684. The van der Waals surface area contributed by atoms with Crippen LogP contribution in [0.4, 0.5) is 5.13 Å². The molecule has 3 heterocycles. The molecule has 0 aliphatic carbocycles. The maximum Gasteiger partial charge on any atom is 0.214 e. The summed E-state index contributed by atoms with van der Waals surface area (Å²) in [4.78, 5) is 9.63. The first-order chi connectivity index (χ1) is 10.4. The minimum atomic E-state index is 0.907. The molecule has 110 valence electrons. The number of anilines is 1. The Balaban J connectivity index is 1.64. The van der Waals surface area contributed by atoms with E-state index in [4.69, 9.17) is 0 Å². The van der Waals surface area contributed by atoms with Gasteiger partial charge in [0, 0.05) is 24.5 Å². The van der Waals surface area contributed by atoms with E-state index in [0.717, 1.165) is 27.9 Å². The number of nitrogens with one attached hydrogen (secondary N) is 1. The fourth-order valence-corrected chi connectivity index (χ4v) is 2.98. The normalized spacial score (nSPS) is 11.1. The monoisotopic (exact) mass is 301 g/mol. The van der Waals surface area contributed by atoms with E-state index < -0.39 is 0 Å². The summed E-state index contributed by atoms with van der Waals surface area (Å²) in [6.45, 7) is 3.20. The highest BCUT2D eigenvalue weighted by atomic mass is 32.1. The van der Waals surface area contributed by atoms with Crippen molar-refractivity contribution in [3.63, 3.8) is 0 Å². The van der Waals surface area contributed by atoms with Crippen molar-refractivity contribution in [2.45, 2.75) is 32.6 Å². The number of fused-ring (bicyclic) bond motifs is 1. The van der Waals surface area contributed by atoms with Crippen molar-refractivity contribution in [2.75, 3.05) is 11.9 Å². The molecule has 0 bridgehead atoms. The molecule has 0 unspecified atom stereocenters. The lowest BCUT2D eigenvalue weighted by Gasteiger charge is -2.00. The van der Waals surface area contributed by atoms with Gasteiger partial charge in [0.25, 0.3) is 0 Å². The number of hydrogen-bond acceptors (Lipinski definition) is 5. The van der Waals surface area contributed by atoms with Crippen molar-refractivity contribution in [1.29, 1.82) is 0 Å². The average Bonchev–Trinajstić information content (AvgIpc) is 3.06. The second-order valence-electron chi connectivity index (χ2n) is 4.99. The summed E-state index contributed by atoms with van der Waals surface area (Å²) in [5.41, 5.74) is 1.93. The van der Waals surface area contributed by atoms with E-state index in [0.29, 0.717) is 0 Å². The third kappa shape index (κ3) is 3.39. The Hall–Kier alpha value is -1.95. The zero-order valence-corrected chi connectivity index (χ0v) is 12.9. The van der Waals surface area contributed by atoms with Crippen LogP contribution in [0.3, 0.4) is 0 Å². The number of pyridine rings is 1. The van der Waals surface area contributed by atoms with Gasteiger partial charge in [0.1, 0.15) is 0 Å². The van der Waals surface area contributed by atoms with Crippen LogP contribution < -0.4 is 5.32 Å². The zero-order valence-electron chi connectivity index (χ0n) is 12.1. The molecule has 0 aliphatic rings. The molecule has 3 rings (SSSR count). The number of nitrogens with zero attached hydrogens (tertiary/aromatic N) is 4. The van der Waals surface area contributed by atoms with Crippen molar-refractivity contribution in [3.05, 3.63) is 30.7 Å². The van der Waals surface area contributed by atoms with Crippen LogP contribution in [0.15, 0.2) is 30.7 Å². The zero-order chi connectivity index (χ0) is 14.5. The first-order valence-electron chi connectivity index (χ1n) is 7.37. The van der Waals surface area contributed by atoms with Crippen LogP contribution in [0.2, 0.25) is 0 Å². The fourth-order valence-electron chi connectivity index (χ4n) is 2.17. The number of unbranched alkanes of at least 4 members (excludes halogenated alkanes) is 3. The van der Waals surface area contributed by atoms with E-state index >= 15 is 0 Å². The highest BCUT2D eigenvalue weighted by Crippen LogP contribution is 2.23. The van der Waals surface area contributed by atoms with Crippen LogP contribution in [0, 0.1) is 0 Å². The second-order valence-corrected chi connectivity index (χ2v) is 5.95. The fraction of sp³-hybridized carbons (Fsp3) is 0.400. The molecular formula is C15H19N5S. The predicted molar refractivity (Wildman–Crippen MR) is 86.7 cm³/mol. The first kappa shape index (κ1) is 14.0. The van der Waals surface area contributed by atoms with E-state index in [1.54, 1.807) is 17.5 Å². The summed E-state index contributed by atoms with van der Waals surface area (Å²) >= 11 is 1.59. The molecule has 0 aromatic carbocycles. The molecule has 3 aromatic heterocycles. The molecule has 1 N–H and O–H groups in total. The van der Waals surface area contributed by atoms with Gasteiger partial charge < -0.3 is 5.32 Å². The van der Waals surface area contributed by atoms with E-state index in [1.165, 1.54) is 25.7 Å². The highest BCUT2D eigenvalue weighted by Gasteiger charge is 2.09. The summed E-state index contributed by atoms with van der Waals surface area (Å²) < 4.78 is 1.83. The number of hydrogen-bond donors (Lipinski definition) is 1. The Morgan fingerprint density at radius 3 is 3.00 bits per heavy atom. The standard InChI is InChI=1S/C15H19N5S/c1-2-3-4-5-9-17-14-19-20-11-13(18-15(20)21-14)12-7-6-8-16-10-12/h6-8,10-11H,2-5,9H2,1H3,(H,17,19). The minimum Gasteiger partial charge on any atom is -0.360 e. The Bertz CT molecular complexity index is 657. The molecular weight excluding hydrogens is 282 g/mol. The molecule has 0 aliphatic heterocycles. The van der Waals surface area contributed by atoms with E-state index in [9.17, 15) is 0 Å². The SMILES string of the molecule is CCCCCCNc1nn2cc(-c3cccnc3)nc2s1. The van der Waals surface area contributed by atoms with Crippen LogP contribution in [0.5, 0.6) is 0 Å². The van der Waals surface area contributed by atoms with Crippen molar-refractivity contribution in [2.24, 2.45) is 0 Å². The molecule has 0 saturated heterocycles. The van der Waals surface area contributed by atoms with Crippen molar-refractivity contribution in [1.82, 2.24) is 19.6 Å². The topological polar surface area (TPSA) is 55.1 Å². The minimum absolute atomic E-state index is 0.907. The van der Waals surface area contributed by atoms with Gasteiger partial charge in [0.2, 0.25) is 10.1 Å². The molecule has 0 saturated carbocycles. The molecule has 0 fully saturated rings. The van der Waals surface area contributed by atoms with Gasteiger partial charge in [-0.15, -0.1) is 5.10 Å². The number of imidazole rings is 1. The Kier molecular flexibility index (Phi) is 4.45. The van der Waals surface area contributed by atoms with Crippen molar-refractivity contribution < 1.29 is 0 Å². The van der Waals surface area contributed by atoms with Gasteiger partial charge in [0.05, 0.1) is 11.9 Å². The number of aromatic nitrogens is 4. The molecule has 0 amide bonds. The van der Waals surface area contributed by atoms with Crippen LogP contribution in [-0.4, -0.2) is 26.1 Å². The average molecular weight is 301 g/mol. The summed E-state index contributed by atoms with van der Waals surface area (Å²) in [6.07, 6.45) is 10.6. The van der Waals surface area contributed by atoms with E-state index in [2.05, 4.69) is 27.3 Å². The quantitative estimate of drug-likeness (QED) is 0.674. The maximum absolute atomic E-state index is 4.60. The van der Waals surface area contributed by atoms with Gasteiger partial charge in [-0.1, -0.05) is 37.5 Å². The Morgan fingerprint density at radius 1 is 1.29 bits per heavy atom. The molecule has 5 nitrogen and oxygen atoms in total. The first-order valence-corrected chi connectivity index (χ1v) is 8.19. The smallest absolute Gasteiger partial charge is 0.214 e. The molecule has 3 aromatic rings. The highest BCUT2D eigenvalue weighted by molar-refractivity contribution is 7.20. The molecule has 0 spiro atoms. The van der Waals surface area contributed by atoms with Crippen LogP contribution in [0.1, 0.15) is 32.6 Å². The van der Waals surface area contributed by atoms with Crippen molar-refractivity contribution >= 4 is 21.4 Å². The predicted octanol–water partition coefficient (Wildman–Crippen LogP) is 3.85. The Labute approximate surface area is 128 Å². The van der Waals surface area contributed by atoms with Gasteiger partial charge in [-0.05, 0) is 18.6 Å². The van der Waals surface area contributed by atoms with E-state index in [1.807, 2.05) is 29.0 Å². The van der Waals surface area contributed by atoms with Crippen LogP contribution in [0.25, 0.3) is 16.2 Å². The second kappa shape index (κ2) is 6.67. The lowest BCUT2D eigenvalue weighted by atomic mass is 10.2. The van der Waals surface area contributed by atoms with Gasteiger partial charge >= 0.3 is 0 Å². The molecule has 0 atom stereocenters. The third-order valence-corrected chi connectivity index (χ3v) is 4.19. The molecule has 6 heteroatoms. The van der Waals surface area contributed by atoms with Crippen molar-refractivity contribution in [3.8, 4) is 11.3 Å². The Morgan fingerprint density at radius 2 is 2.24 bits per heavy atom. The van der Waals surface area contributed by atoms with Crippen LogP contribution >= 0.6 is 11.3 Å². The van der Waals surface area contributed by atoms with Gasteiger partial charge in [-0.25, -0.2) is 9.50 Å². The lowest BCUT2D eigenvalue weighted by Crippen LogP contribution is -2.01. The number of rotatable bonds is 7. The largest absolute Gasteiger partial charge is 0.360 e. The third-order valence-electron chi connectivity index (χ3n) is 3.31. The summed E-state index contributed by atoms with van der Waals surface area (Å²) in [5.74, 6) is 0. The maximum atomic E-state index is 4.60. The van der Waals surface area contributed by atoms with E-state index in [-0.39, 0.29) is 0 Å². The van der Waals surface area contributed by atoms with Crippen LogP contribution in [-0.2, 0) is 0 Å². The molecule has 21 heavy (non-hydrogen) atoms. The van der Waals surface area contributed by atoms with Gasteiger partial charge in [-0.2, -0.15) is 0 Å².